The second-order valence-electron chi connectivity index (χ2n) is 6.03. The van der Waals surface area contributed by atoms with Crippen LogP contribution in [0.2, 0.25) is 0 Å². The van der Waals surface area contributed by atoms with Crippen molar-refractivity contribution in [3.63, 3.8) is 0 Å². The van der Waals surface area contributed by atoms with E-state index in [1.54, 1.807) is 24.0 Å². The van der Waals surface area contributed by atoms with Gasteiger partial charge in [-0.1, -0.05) is 0 Å². The van der Waals surface area contributed by atoms with Gasteiger partial charge in [-0.3, -0.25) is 4.79 Å². The van der Waals surface area contributed by atoms with E-state index >= 15 is 0 Å². The van der Waals surface area contributed by atoms with Crippen LogP contribution in [0.1, 0.15) is 6.92 Å². The van der Waals surface area contributed by atoms with Gasteiger partial charge < -0.3 is 25.2 Å². The highest BCUT2D eigenvalue weighted by atomic mass is 19.1. The monoisotopic (exact) mass is 389 g/mol. The molecule has 2 rings (SSSR count). The van der Waals surface area contributed by atoms with E-state index in [0.29, 0.717) is 45.9 Å². The summed E-state index contributed by atoms with van der Waals surface area (Å²) in [6, 6.07) is 8.15. The number of benzene rings is 1. The molecule has 0 aliphatic carbocycles. The molecule has 1 heterocycles. The largest absolute Gasteiger partial charge is 0.450 e. The van der Waals surface area contributed by atoms with E-state index in [1.165, 1.54) is 18.3 Å². The van der Waals surface area contributed by atoms with E-state index in [0.717, 1.165) is 5.69 Å². The number of nitrogens with zero attached hydrogens (tertiary/aromatic N) is 3. The van der Waals surface area contributed by atoms with Crippen LogP contribution < -0.4 is 15.5 Å². The molecule has 1 aromatic rings. The van der Waals surface area contributed by atoms with Gasteiger partial charge in [0.05, 0.1) is 6.61 Å². The summed E-state index contributed by atoms with van der Waals surface area (Å²) in [5.74, 6) is -0.626. The SMILES string of the molecule is CCOC(=O)NCCN/C=C(/C#N)C(=O)N1CCN(c2ccc(F)cc2)CC1. The Morgan fingerprint density at radius 2 is 1.89 bits per heavy atom. The Hall–Kier alpha value is -3.28. The number of ether oxygens (including phenoxy) is 1. The van der Waals surface area contributed by atoms with Gasteiger partial charge in [-0.2, -0.15) is 5.26 Å². The van der Waals surface area contributed by atoms with Gasteiger partial charge in [0.1, 0.15) is 17.5 Å². The van der Waals surface area contributed by atoms with Crippen LogP contribution in [0, 0.1) is 17.1 Å². The fourth-order valence-electron chi connectivity index (χ4n) is 2.72. The van der Waals surface area contributed by atoms with Gasteiger partial charge in [-0.15, -0.1) is 0 Å². The molecular formula is C19H24FN5O3. The lowest BCUT2D eigenvalue weighted by Crippen LogP contribution is -2.49. The molecule has 1 fully saturated rings. The number of piperazine rings is 1. The first-order chi connectivity index (χ1) is 13.5. The highest BCUT2D eigenvalue weighted by Crippen LogP contribution is 2.17. The highest BCUT2D eigenvalue weighted by Gasteiger charge is 2.23. The van der Waals surface area contributed by atoms with Gasteiger partial charge in [-0.25, -0.2) is 9.18 Å². The number of nitriles is 1. The maximum absolute atomic E-state index is 13.0. The van der Waals surface area contributed by atoms with Gasteiger partial charge in [0.15, 0.2) is 0 Å². The van der Waals surface area contributed by atoms with Crippen LogP contribution >= 0.6 is 0 Å². The molecule has 1 aromatic carbocycles. The van der Waals surface area contributed by atoms with Crippen molar-refractivity contribution >= 4 is 17.7 Å². The molecule has 1 saturated heterocycles. The van der Waals surface area contributed by atoms with Crippen LogP contribution in [-0.2, 0) is 9.53 Å². The molecule has 0 saturated carbocycles. The van der Waals surface area contributed by atoms with Crippen LogP contribution in [0.25, 0.3) is 0 Å². The van der Waals surface area contributed by atoms with Gasteiger partial charge in [-0.05, 0) is 31.2 Å². The van der Waals surface area contributed by atoms with Gasteiger partial charge in [0.2, 0.25) is 0 Å². The molecule has 0 bridgehead atoms. The van der Waals surface area contributed by atoms with Crippen LogP contribution in [0.4, 0.5) is 14.9 Å². The quantitative estimate of drug-likeness (QED) is 0.413. The zero-order valence-corrected chi connectivity index (χ0v) is 15.8. The van der Waals surface area contributed by atoms with Crippen molar-refractivity contribution in [2.75, 3.05) is 50.8 Å². The maximum atomic E-state index is 13.0. The number of anilines is 1. The maximum Gasteiger partial charge on any atom is 0.407 e. The van der Waals surface area contributed by atoms with Crippen molar-refractivity contribution in [2.24, 2.45) is 0 Å². The number of hydrogen-bond donors (Lipinski definition) is 2. The fraction of sp³-hybridized carbons (Fsp3) is 0.421. The van der Waals surface area contributed by atoms with Crippen LogP contribution in [0.5, 0.6) is 0 Å². The first kappa shape index (κ1) is 21.0. The summed E-state index contributed by atoms with van der Waals surface area (Å²) in [6.45, 7) is 4.82. The molecule has 1 aliphatic heterocycles. The van der Waals surface area contributed by atoms with Crippen molar-refractivity contribution < 1.29 is 18.7 Å². The Labute approximate surface area is 163 Å². The van der Waals surface area contributed by atoms with E-state index in [2.05, 4.69) is 15.5 Å². The molecule has 28 heavy (non-hydrogen) atoms. The molecule has 2 amide bonds. The number of nitrogens with one attached hydrogen (secondary N) is 2. The predicted octanol–water partition coefficient (Wildman–Crippen LogP) is 1.22. The second kappa shape index (κ2) is 10.8. The predicted molar refractivity (Wildman–Crippen MR) is 102 cm³/mol. The van der Waals surface area contributed by atoms with Crippen molar-refractivity contribution in [1.29, 1.82) is 5.26 Å². The van der Waals surface area contributed by atoms with Gasteiger partial charge in [0, 0.05) is 51.2 Å². The minimum Gasteiger partial charge on any atom is -0.450 e. The Bertz CT molecular complexity index is 737. The molecule has 0 radical (unpaired) electrons. The lowest BCUT2D eigenvalue weighted by atomic mass is 10.2. The summed E-state index contributed by atoms with van der Waals surface area (Å²) >= 11 is 0. The topological polar surface area (TPSA) is 97.7 Å². The third kappa shape index (κ3) is 6.16. The summed E-state index contributed by atoms with van der Waals surface area (Å²) in [6.07, 6.45) is 0.852. The zero-order valence-electron chi connectivity index (χ0n) is 15.8. The number of carbonyl (C=O) groups is 2. The van der Waals surface area contributed by atoms with Crippen molar-refractivity contribution in [3.8, 4) is 6.07 Å². The summed E-state index contributed by atoms with van der Waals surface area (Å²) in [7, 11) is 0. The number of carbonyl (C=O) groups excluding carboxylic acids is 2. The van der Waals surface area contributed by atoms with Crippen molar-refractivity contribution in [2.45, 2.75) is 6.92 Å². The summed E-state index contributed by atoms with van der Waals surface area (Å²) in [4.78, 5) is 27.3. The minimum atomic E-state index is -0.510. The van der Waals surface area contributed by atoms with Crippen LogP contribution in [0.3, 0.4) is 0 Å². The number of amides is 2. The van der Waals surface area contributed by atoms with Gasteiger partial charge >= 0.3 is 6.09 Å². The number of hydrogen-bond acceptors (Lipinski definition) is 6. The average molecular weight is 389 g/mol. The number of rotatable bonds is 7. The Balaban J connectivity index is 1.79. The summed E-state index contributed by atoms with van der Waals surface area (Å²) in [5, 5.41) is 14.6. The number of alkyl carbamates (subject to hydrolysis) is 1. The molecule has 8 nitrogen and oxygen atoms in total. The summed E-state index contributed by atoms with van der Waals surface area (Å²) in [5.41, 5.74) is 0.909. The first-order valence-electron chi connectivity index (χ1n) is 9.09. The third-order valence-corrected chi connectivity index (χ3v) is 4.17. The molecule has 0 atom stereocenters. The van der Waals surface area contributed by atoms with Crippen molar-refractivity contribution in [1.82, 2.24) is 15.5 Å². The molecule has 0 aromatic heterocycles. The highest BCUT2D eigenvalue weighted by molar-refractivity contribution is 5.97. The van der Waals surface area contributed by atoms with E-state index < -0.39 is 6.09 Å². The zero-order chi connectivity index (χ0) is 20.4. The smallest absolute Gasteiger partial charge is 0.407 e. The molecule has 1 aliphatic rings. The van der Waals surface area contributed by atoms with E-state index in [4.69, 9.17) is 4.74 Å². The third-order valence-electron chi connectivity index (χ3n) is 4.17. The van der Waals surface area contributed by atoms with E-state index in [1.807, 2.05) is 6.07 Å². The Morgan fingerprint density at radius 1 is 1.21 bits per heavy atom. The molecular weight excluding hydrogens is 365 g/mol. The fourth-order valence-corrected chi connectivity index (χ4v) is 2.72. The molecule has 0 spiro atoms. The van der Waals surface area contributed by atoms with Crippen LogP contribution in [-0.4, -0.2) is 62.8 Å². The Morgan fingerprint density at radius 3 is 2.50 bits per heavy atom. The lowest BCUT2D eigenvalue weighted by molar-refractivity contribution is -0.127. The van der Waals surface area contributed by atoms with Crippen LogP contribution in [0.15, 0.2) is 36.0 Å². The Kier molecular flexibility index (Phi) is 8.09. The average Bonchev–Trinajstić information content (AvgIpc) is 2.71. The summed E-state index contributed by atoms with van der Waals surface area (Å²) < 4.78 is 17.8. The van der Waals surface area contributed by atoms with Crippen molar-refractivity contribution in [3.05, 3.63) is 41.9 Å². The number of halogens is 1. The molecule has 2 N–H and O–H groups in total. The standard InChI is InChI=1S/C19H24FN5O3/c1-2-28-19(27)23-8-7-22-14-15(13-21)18(26)25-11-9-24(10-12-25)17-5-3-16(20)4-6-17/h3-6,14,22H,2,7-12H2,1H3,(H,23,27)/b15-14-. The normalized spacial score (nSPS) is 14.2. The minimum absolute atomic E-state index is 0.00590. The molecule has 9 heteroatoms. The second-order valence-corrected chi connectivity index (χ2v) is 6.03. The lowest BCUT2D eigenvalue weighted by Gasteiger charge is -2.36. The molecule has 150 valence electrons. The van der Waals surface area contributed by atoms with E-state index in [-0.39, 0.29) is 17.3 Å². The van der Waals surface area contributed by atoms with Gasteiger partial charge in [0.25, 0.3) is 5.91 Å². The van der Waals surface area contributed by atoms with E-state index in [9.17, 15) is 19.2 Å². The first-order valence-corrected chi connectivity index (χ1v) is 9.09. The molecule has 0 unspecified atom stereocenters.